The second kappa shape index (κ2) is 9.47. The van der Waals surface area contributed by atoms with Crippen LogP contribution in [0.25, 0.3) is 0 Å². The van der Waals surface area contributed by atoms with E-state index in [0.29, 0.717) is 12.5 Å². The molecule has 2 aliphatic rings. The average Bonchev–Trinajstić information content (AvgIpc) is 2.94. The molecule has 0 radical (unpaired) electrons. The lowest BCUT2D eigenvalue weighted by molar-refractivity contribution is 0.415. The molecule has 2 saturated carbocycles. The Balaban J connectivity index is 1.64. The molecule has 4 unspecified atom stereocenters. The molecule has 0 spiro atoms. The summed E-state index contributed by atoms with van der Waals surface area (Å²) < 4.78 is 5.21. The standard InChI is InChI=1S/C22H34N4O/c1-15-4-3-5-16(7-6-15)25-21-12-13-22(20(24)14-19(21)23)26-17-8-10-18(27-2)11-9-17/h8-11,15-16,20-21,23,25H,3-7,12-14,24H2,1-2H3/b23-19?,26-22-. The highest BCUT2D eigenvalue weighted by molar-refractivity contribution is 5.99. The maximum atomic E-state index is 8.54. The molecular weight excluding hydrogens is 336 g/mol. The van der Waals surface area contributed by atoms with Crippen molar-refractivity contribution in [2.75, 3.05) is 7.11 Å². The van der Waals surface area contributed by atoms with Gasteiger partial charge in [0.2, 0.25) is 0 Å². The second-order valence-corrected chi connectivity index (χ2v) is 8.21. The molecule has 27 heavy (non-hydrogen) atoms. The maximum absolute atomic E-state index is 8.54. The summed E-state index contributed by atoms with van der Waals surface area (Å²) >= 11 is 0. The monoisotopic (exact) mass is 370 g/mol. The number of methoxy groups -OCH3 is 1. The van der Waals surface area contributed by atoms with Gasteiger partial charge in [-0.1, -0.05) is 19.8 Å². The van der Waals surface area contributed by atoms with E-state index in [1.807, 2.05) is 24.3 Å². The molecule has 148 valence electrons. The summed E-state index contributed by atoms with van der Waals surface area (Å²) in [6.07, 6.45) is 8.73. The van der Waals surface area contributed by atoms with Gasteiger partial charge in [-0.2, -0.15) is 0 Å². The molecular formula is C22H34N4O. The predicted octanol–water partition coefficient (Wildman–Crippen LogP) is 4.23. The summed E-state index contributed by atoms with van der Waals surface area (Å²) in [5.74, 6) is 1.66. The van der Waals surface area contributed by atoms with Crippen LogP contribution in [0.3, 0.4) is 0 Å². The normalized spacial score (nSPS) is 31.4. The number of aliphatic imine (C=N–C) groups is 1. The van der Waals surface area contributed by atoms with E-state index < -0.39 is 0 Å². The first-order valence-electron chi connectivity index (χ1n) is 10.4. The number of benzene rings is 1. The number of nitrogens with zero attached hydrogens (tertiary/aromatic N) is 1. The maximum Gasteiger partial charge on any atom is 0.119 e. The van der Waals surface area contributed by atoms with Gasteiger partial charge in [-0.25, -0.2) is 0 Å². The Morgan fingerprint density at radius 3 is 2.63 bits per heavy atom. The van der Waals surface area contributed by atoms with Crippen molar-refractivity contribution in [2.45, 2.75) is 76.4 Å². The number of hydrogen-bond acceptors (Lipinski definition) is 5. The number of ether oxygens (including phenoxy) is 1. The zero-order valence-corrected chi connectivity index (χ0v) is 16.7. The van der Waals surface area contributed by atoms with Crippen LogP contribution < -0.4 is 15.8 Å². The van der Waals surface area contributed by atoms with Gasteiger partial charge < -0.3 is 21.2 Å². The summed E-state index contributed by atoms with van der Waals surface area (Å²) in [4.78, 5) is 4.79. The predicted molar refractivity (Wildman–Crippen MR) is 113 cm³/mol. The highest BCUT2D eigenvalue weighted by atomic mass is 16.5. The Bertz CT molecular complexity index is 655. The van der Waals surface area contributed by atoms with Crippen LogP contribution in [-0.2, 0) is 0 Å². The van der Waals surface area contributed by atoms with Crippen molar-refractivity contribution < 1.29 is 4.74 Å². The van der Waals surface area contributed by atoms with E-state index in [1.54, 1.807) is 7.11 Å². The molecule has 1 aromatic rings. The van der Waals surface area contributed by atoms with E-state index in [1.165, 1.54) is 32.1 Å². The van der Waals surface area contributed by atoms with Crippen LogP contribution in [-0.4, -0.2) is 36.7 Å². The van der Waals surface area contributed by atoms with Gasteiger partial charge in [-0.3, -0.25) is 4.99 Å². The Morgan fingerprint density at radius 1 is 1.11 bits per heavy atom. The largest absolute Gasteiger partial charge is 0.497 e. The zero-order valence-electron chi connectivity index (χ0n) is 16.7. The van der Waals surface area contributed by atoms with Gasteiger partial charge in [-0.15, -0.1) is 0 Å². The first-order valence-corrected chi connectivity index (χ1v) is 10.4. The number of nitrogens with two attached hydrogens (primary N) is 1. The van der Waals surface area contributed by atoms with Gasteiger partial charge in [0.25, 0.3) is 0 Å². The Morgan fingerprint density at radius 2 is 1.89 bits per heavy atom. The lowest BCUT2D eigenvalue weighted by atomic mass is 10.0. The Kier molecular flexibility index (Phi) is 7.02. The van der Waals surface area contributed by atoms with Gasteiger partial charge in [0, 0.05) is 36.0 Å². The van der Waals surface area contributed by atoms with Crippen molar-refractivity contribution in [3.63, 3.8) is 0 Å². The van der Waals surface area contributed by atoms with Gasteiger partial charge in [0.1, 0.15) is 5.75 Å². The average molecular weight is 371 g/mol. The first-order chi connectivity index (χ1) is 13.0. The molecule has 0 aromatic heterocycles. The summed E-state index contributed by atoms with van der Waals surface area (Å²) in [6, 6.07) is 8.26. The molecule has 0 saturated heterocycles. The minimum Gasteiger partial charge on any atom is -0.497 e. The van der Waals surface area contributed by atoms with Crippen molar-refractivity contribution in [3.05, 3.63) is 24.3 Å². The SMILES string of the molecule is COc1ccc(/N=C2/CCC(NC3CCCC(C)CC3)C(=N)CC2N)cc1. The number of rotatable bonds is 4. The fraction of sp³-hybridized carbons (Fsp3) is 0.636. The first kappa shape index (κ1) is 20.0. The third-order valence-corrected chi connectivity index (χ3v) is 6.02. The van der Waals surface area contributed by atoms with Gasteiger partial charge in [-0.05, 0) is 62.3 Å². The van der Waals surface area contributed by atoms with Gasteiger partial charge in [0.05, 0.1) is 12.8 Å². The lowest BCUT2D eigenvalue weighted by Gasteiger charge is -2.24. The van der Waals surface area contributed by atoms with E-state index in [0.717, 1.165) is 41.6 Å². The molecule has 0 aliphatic heterocycles. The highest BCUT2D eigenvalue weighted by Crippen LogP contribution is 2.25. The molecule has 2 fully saturated rings. The molecule has 0 bridgehead atoms. The second-order valence-electron chi connectivity index (χ2n) is 8.21. The topological polar surface area (TPSA) is 83.5 Å². The lowest BCUT2D eigenvalue weighted by Crippen LogP contribution is -2.43. The summed E-state index contributed by atoms with van der Waals surface area (Å²) in [6.45, 7) is 2.36. The molecule has 3 rings (SSSR count). The van der Waals surface area contributed by atoms with Crippen LogP contribution in [0.2, 0.25) is 0 Å². The van der Waals surface area contributed by atoms with Crippen LogP contribution in [0.1, 0.15) is 58.3 Å². The van der Waals surface area contributed by atoms with E-state index >= 15 is 0 Å². The van der Waals surface area contributed by atoms with Gasteiger partial charge >= 0.3 is 0 Å². The molecule has 4 atom stereocenters. The van der Waals surface area contributed by atoms with Crippen LogP contribution >= 0.6 is 0 Å². The van der Waals surface area contributed by atoms with Gasteiger partial charge in [0.15, 0.2) is 0 Å². The summed E-state index contributed by atoms with van der Waals surface area (Å²) in [7, 11) is 1.66. The van der Waals surface area contributed by atoms with Crippen molar-refractivity contribution in [1.82, 2.24) is 5.32 Å². The third-order valence-electron chi connectivity index (χ3n) is 6.02. The minimum absolute atomic E-state index is 0.137. The highest BCUT2D eigenvalue weighted by Gasteiger charge is 2.28. The van der Waals surface area contributed by atoms with E-state index in [2.05, 4.69) is 12.2 Å². The van der Waals surface area contributed by atoms with Crippen LogP contribution in [0.15, 0.2) is 29.3 Å². The summed E-state index contributed by atoms with van der Waals surface area (Å²) in [5, 5.41) is 12.3. The molecule has 5 nitrogen and oxygen atoms in total. The van der Waals surface area contributed by atoms with E-state index in [9.17, 15) is 0 Å². The fourth-order valence-electron chi connectivity index (χ4n) is 4.23. The number of nitrogens with one attached hydrogen (secondary N) is 2. The summed E-state index contributed by atoms with van der Waals surface area (Å²) in [5.41, 5.74) is 9.03. The van der Waals surface area contributed by atoms with E-state index in [4.69, 9.17) is 20.9 Å². The van der Waals surface area contributed by atoms with Crippen molar-refractivity contribution in [1.29, 1.82) is 5.41 Å². The van der Waals surface area contributed by atoms with Crippen LogP contribution in [0, 0.1) is 11.3 Å². The molecule has 2 aliphatic carbocycles. The van der Waals surface area contributed by atoms with Crippen molar-refractivity contribution in [2.24, 2.45) is 16.6 Å². The zero-order chi connectivity index (χ0) is 19.2. The minimum atomic E-state index is -0.166. The molecule has 4 N–H and O–H groups in total. The smallest absolute Gasteiger partial charge is 0.119 e. The number of hydrogen-bond donors (Lipinski definition) is 3. The van der Waals surface area contributed by atoms with Crippen molar-refractivity contribution >= 4 is 17.1 Å². The Hall–Kier alpha value is -1.72. The fourth-order valence-corrected chi connectivity index (χ4v) is 4.23. The third kappa shape index (κ3) is 5.63. The van der Waals surface area contributed by atoms with Crippen LogP contribution in [0.5, 0.6) is 5.75 Å². The molecule has 5 heteroatoms. The van der Waals surface area contributed by atoms with Crippen molar-refractivity contribution in [3.8, 4) is 5.75 Å². The molecule has 0 heterocycles. The quantitative estimate of drug-likeness (QED) is 0.694. The Labute approximate surface area is 163 Å². The van der Waals surface area contributed by atoms with E-state index in [-0.39, 0.29) is 12.1 Å². The van der Waals surface area contributed by atoms with Crippen LogP contribution in [0.4, 0.5) is 5.69 Å². The molecule has 1 aromatic carbocycles. The molecule has 0 amide bonds.